The Bertz CT molecular complexity index is 620. The van der Waals surface area contributed by atoms with Crippen LogP contribution in [0.2, 0.25) is 0 Å². The number of unbranched alkanes of at least 4 members (excludes halogenated alkanes) is 15. The van der Waals surface area contributed by atoms with Crippen LogP contribution in [0.5, 0.6) is 0 Å². The van der Waals surface area contributed by atoms with Crippen LogP contribution in [-0.2, 0) is 21.7 Å². The van der Waals surface area contributed by atoms with Crippen molar-refractivity contribution in [3.8, 4) is 0 Å². The van der Waals surface area contributed by atoms with Gasteiger partial charge >= 0.3 is 0 Å². The van der Waals surface area contributed by atoms with Gasteiger partial charge < -0.3 is 29.2 Å². The van der Waals surface area contributed by atoms with Gasteiger partial charge in [0, 0.05) is 32.0 Å². The second-order valence-electron chi connectivity index (χ2n) is 10.4. The molecule has 2 aromatic rings. The molecule has 0 aliphatic carbocycles. The molecule has 0 spiro atoms. The minimum absolute atomic E-state index is 0. The molecule has 39 heavy (non-hydrogen) atoms. The van der Waals surface area contributed by atoms with E-state index in [-0.39, 0.29) is 44.0 Å². The topological polar surface area (TPSA) is 0 Å². The van der Waals surface area contributed by atoms with Crippen molar-refractivity contribution in [1.82, 2.24) is 0 Å². The van der Waals surface area contributed by atoms with Crippen LogP contribution in [0, 0.1) is 63.8 Å². The zero-order chi connectivity index (χ0) is 26.3. The number of hydrogen-bond acceptors (Lipinski definition) is 0. The van der Waals surface area contributed by atoms with E-state index in [0.29, 0.717) is 0 Å². The standard InChI is InChI=1S/C18H37.C10H15.C6H7Si.3CH3.Ti/c1-3-5-7-9-11-13-15-17-18-16-14-12-10-8-6-4-2;1-6-7(2)9(4)10(5)8(6)3;7-6-4-2-1-3-5-6;;;;/h1,3-18H2,2H3;1-5H3;1-5H,7H2;3*1H3;/q2*-1;;3*-1;. The first-order valence-electron chi connectivity index (χ1n) is 14.7. The molecule has 0 heterocycles. The van der Waals surface area contributed by atoms with E-state index in [2.05, 4.69) is 60.6 Å². The molecule has 0 aromatic heterocycles. The normalized spacial score (nSPS) is 9.33. The van der Waals surface area contributed by atoms with Gasteiger partial charge in [0.05, 0.1) is 0 Å². The maximum atomic E-state index is 3.88. The van der Waals surface area contributed by atoms with Gasteiger partial charge in [0.15, 0.2) is 0 Å². The summed E-state index contributed by atoms with van der Waals surface area (Å²) in [5.41, 5.74) is 7.34. The van der Waals surface area contributed by atoms with Crippen molar-refractivity contribution >= 4 is 15.4 Å². The molecule has 0 amide bonds. The quantitative estimate of drug-likeness (QED) is 0.110. The maximum Gasteiger partial charge on any atom is 0.0477 e. The summed E-state index contributed by atoms with van der Waals surface area (Å²) in [6.45, 7) is 17.2. The SMILES string of the molecule is Cc1c(C)c(C)[c-](C)c1C.[CH2-]CCCCCCCCCCCCCCCCC.[CH3-].[CH3-].[CH3-].[SiH2]c1ccccc1.[Ti]. The first kappa shape index (κ1) is 48.2. The molecule has 0 unspecified atom stereocenters. The Labute approximate surface area is 267 Å². The smallest absolute Gasteiger partial charge is 0.0477 e. The Morgan fingerprint density at radius 3 is 1.10 bits per heavy atom. The monoisotopic (exact) mass is 588 g/mol. The largest absolute Gasteiger partial charge is 0.358 e. The van der Waals surface area contributed by atoms with E-state index >= 15 is 0 Å². The van der Waals surface area contributed by atoms with Gasteiger partial charge in [-0.1, -0.05) is 173 Å². The van der Waals surface area contributed by atoms with E-state index in [1.807, 2.05) is 28.4 Å². The van der Waals surface area contributed by atoms with Crippen LogP contribution in [0.4, 0.5) is 0 Å². The number of rotatable bonds is 15. The minimum Gasteiger partial charge on any atom is -0.358 e. The van der Waals surface area contributed by atoms with E-state index < -0.39 is 0 Å². The van der Waals surface area contributed by atoms with Crippen LogP contribution < -0.4 is 5.19 Å². The molecule has 0 saturated heterocycles. The van der Waals surface area contributed by atoms with E-state index in [9.17, 15) is 0 Å². The van der Waals surface area contributed by atoms with Gasteiger partial charge in [-0.2, -0.15) is 34.2 Å². The molecule has 229 valence electrons. The van der Waals surface area contributed by atoms with Crippen molar-refractivity contribution in [2.75, 3.05) is 0 Å². The van der Waals surface area contributed by atoms with E-state index in [1.165, 1.54) is 129 Å². The van der Waals surface area contributed by atoms with Crippen LogP contribution in [-0.4, -0.2) is 10.2 Å². The molecule has 0 bridgehead atoms. The summed E-state index contributed by atoms with van der Waals surface area (Å²) >= 11 is 0. The van der Waals surface area contributed by atoms with Crippen molar-refractivity contribution in [1.29, 1.82) is 0 Å². The first-order chi connectivity index (χ1) is 16.9. The third kappa shape index (κ3) is 26.2. The molecule has 0 N–H and O–H groups in total. The summed E-state index contributed by atoms with van der Waals surface area (Å²) in [5.74, 6) is 0. The predicted molar refractivity (Wildman–Crippen MR) is 184 cm³/mol. The molecule has 0 fully saturated rings. The van der Waals surface area contributed by atoms with Gasteiger partial charge in [-0.3, -0.25) is 0 Å². The van der Waals surface area contributed by atoms with Gasteiger partial charge in [-0.05, 0) is 0 Å². The Balaban J connectivity index is -0.000000156. The van der Waals surface area contributed by atoms with Gasteiger partial charge in [-0.15, -0.1) is 0 Å². The Morgan fingerprint density at radius 2 is 0.897 bits per heavy atom. The van der Waals surface area contributed by atoms with Crippen LogP contribution in [0.15, 0.2) is 30.3 Å². The summed E-state index contributed by atoms with van der Waals surface area (Å²) in [6.07, 6.45) is 22.8. The van der Waals surface area contributed by atoms with Crippen LogP contribution in [0.1, 0.15) is 137 Å². The molecule has 0 atom stereocenters. The number of benzene rings is 1. The van der Waals surface area contributed by atoms with Crippen molar-refractivity contribution in [3.63, 3.8) is 0 Å². The van der Waals surface area contributed by atoms with E-state index in [0.717, 1.165) is 6.42 Å². The second-order valence-corrected chi connectivity index (χ2v) is 11.2. The average molecular weight is 589 g/mol. The molecule has 0 saturated carbocycles. The minimum atomic E-state index is 0. The van der Waals surface area contributed by atoms with Crippen molar-refractivity contribution in [3.05, 3.63) is 87.4 Å². The summed E-state index contributed by atoms with van der Waals surface area (Å²) < 4.78 is 0. The first-order valence-corrected chi connectivity index (χ1v) is 15.4. The zero-order valence-electron chi connectivity index (χ0n) is 28.1. The Morgan fingerprint density at radius 1 is 0.590 bits per heavy atom. The summed E-state index contributed by atoms with van der Waals surface area (Å²) in [5, 5.41) is 1.35. The van der Waals surface area contributed by atoms with Gasteiger partial charge in [0.2, 0.25) is 0 Å². The second kappa shape index (κ2) is 33.7. The molecule has 0 nitrogen and oxygen atoms in total. The summed E-state index contributed by atoms with van der Waals surface area (Å²) in [4.78, 5) is 0. The third-order valence-corrected chi connectivity index (χ3v) is 7.98. The van der Waals surface area contributed by atoms with E-state index in [1.54, 1.807) is 0 Å². The summed E-state index contributed by atoms with van der Waals surface area (Å²) in [6, 6.07) is 10.3. The fourth-order valence-electron chi connectivity index (χ4n) is 4.43. The molecule has 0 aliphatic heterocycles. The van der Waals surface area contributed by atoms with Crippen LogP contribution >= 0.6 is 0 Å². The molecular formula is C37H68SiTi-5. The van der Waals surface area contributed by atoms with Crippen molar-refractivity contribution < 1.29 is 21.7 Å². The molecule has 0 aliphatic rings. The predicted octanol–water partition coefficient (Wildman–Crippen LogP) is 11.3. The van der Waals surface area contributed by atoms with Gasteiger partial charge in [0.25, 0.3) is 0 Å². The van der Waals surface area contributed by atoms with Crippen molar-refractivity contribution in [2.45, 2.75) is 144 Å². The summed E-state index contributed by atoms with van der Waals surface area (Å²) in [7, 11) is 1.90. The molecule has 1 radical (unpaired) electrons. The molecule has 2 heteroatoms. The van der Waals surface area contributed by atoms with Crippen molar-refractivity contribution in [2.24, 2.45) is 0 Å². The molecular weight excluding hydrogens is 520 g/mol. The number of hydrogen-bond donors (Lipinski definition) is 0. The van der Waals surface area contributed by atoms with E-state index in [4.69, 9.17) is 0 Å². The average Bonchev–Trinajstić information content (AvgIpc) is 3.03. The van der Waals surface area contributed by atoms with Gasteiger partial charge in [-0.25, -0.2) is 0 Å². The fraction of sp³-hybridized carbons (Fsp3) is 0.595. The van der Waals surface area contributed by atoms with Crippen LogP contribution in [0.3, 0.4) is 0 Å². The maximum absolute atomic E-state index is 3.88. The fourth-order valence-corrected chi connectivity index (χ4v) is 4.70. The zero-order valence-corrected chi connectivity index (χ0v) is 31.1. The van der Waals surface area contributed by atoms with Crippen LogP contribution in [0.25, 0.3) is 0 Å². The Hall–Kier alpha value is -0.499. The Kier molecular flexibility index (Phi) is 41.7. The molecule has 2 rings (SSSR count). The third-order valence-electron chi connectivity index (χ3n) is 7.51. The molecule has 2 aromatic carbocycles. The van der Waals surface area contributed by atoms with Gasteiger partial charge in [0.1, 0.15) is 0 Å².